The molecule has 0 aliphatic heterocycles. The van der Waals surface area contributed by atoms with E-state index >= 15 is 0 Å². The first kappa shape index (κ1) is 24.4. The highest BCUT2D eigenvalue weighted by atomic mass is 16.5. The first-order valence-electron chi connectivity index (χ1n) is 11.8. The van der Waals surface area contributed by atoms with Gasteiger partial charge in [-0.15, -0.1) is 0 Å². The molecule has 35 heavy (non-hydrogen) atoms. The van der Waals surface area contributed by atoms with Crippen LogP contribution in [0.25, 0.3) is 22.3 Å². The number of benzene rings is 3. The molecule has 0 aliphatic carbocycles. The number of aromatic nitrogens is 1. The van der Waals surface area contributed by atoms with Crippen molar-refractivity contribution < 1.29 is 15.1 Å². The third kappa shape index (κ3) is 6.05. The zero-order chi connectivity index (χ0) is 24.6. The minimum atomic E-state index is -1.23. The molecule has 6 nitrogen and oxygen atoms in total. The van der Waals surface area contributed by atoms with Crippen LogP contribution < -0.4 is 5.48 Å². The standard InChI is InChI=1S/C29H31N3O3/c1-2-31(20-22-9-5-3-6-10-22)29(34)27(19-28(33)30-35)32-18-17-26(21-32)25-15-13-24(14-16-25)23-11-7-4-8-12-23/h3-18,21,27-28,30,33,35H,2,19-20H2,1H3. The van der Waals surface area contributed by atoms with E-state index in [4.69, 9.17) is 0 Å². The lowest BCUT2D eigenvalue weighted by atomic mass is 10.0. The van der Waals surface area contributed by atoms with Gasteiger partial charge in [-0.1, -0.05) is 84.9 Å². The molecule has 0 radical (unpaired) electrons. The summed E-state index contributed by atoms with van der Waals surface area (Å²) in [6.07, 6.45) is 2.57. The molecule has 4 aromatic rings. The Bertz CT molecular complexity index is 1210. The summed E-state index contributed by atoms with van der Waals surface area (Å²) in [6.45, 7) is 2.94. The fourth-order valence-corrected chi connectivity index (χ4v) is 4.24. The van der Waals surface area contributed by atoms with Crippen molar-refractivity contribution in [2.24, 2.45) is 0 Å². The molecule has 0 fully saturated rings. The highest BCUT2D eigenvalue weighted by molar-refractivity contribution is 5.81. The number of carbonyl (C=O) groups excluding carboxylic acids is 1. The first-order chi connectivity index (χ1) is 17.1. The second-order valence-electron chi connectivity index (χ2n) is 8.53. The van der Waals surface area contributed by atoms with Crippen molar-refractivity contribution in [3.8, 4) is 22.3 Å². The van der Waals surface area contributed by atoms with Crippen LogP contribution in [0.4, 0.5) is 0 Å². The second-order valence-corrected chi connectivity index (χ2v) is 8.53. The van der Waals surface area contributed by atoms with Crippen LogP contribution in [-0.2, 0) is 11.3 Å². The molecule has 0 aliphatic rings. The molecule has 4 rings (SSSR count). The maximum absolute atomic E-state index is 13.6. The molecule has 3 aromatic carbocycles. The van der Waals surface area contributed by atoms with E-state index in [1.54, 1.807) is 4.90 Å². The number of amides is 1. The molecule has 0 saturated heterocycles. The number of aliphatic hydroxyl groups excluding tert-OH is 1. The Morgan fingerprint density at radius 3 is 2.03 bits per heavy atom. The largest absolute Gasteiger partial charge is 0.376 e. The molecular weight excluding hydrogens is 438 g/mol. The number of hydroxylamine groups is 1. The Kier molecular flexibility index (Phi) is 8.11. The Hall–Kier alpha value is -3.71. The molecule has 180 valence electrons. The van der Waals surface area contributed by atoms with E-state index in [9.17, 15) is 15.1 Å². The van der Waals surface area contributed by atoms with Crippen LogP contribution in [0, 0.1) is 0 Å². The van der Waals surface area contributed by atoms with Crippen molar-refractivity contribution in [3.05, 3.63) is 109 Å². The molecule has 1 heterocycles. The Morgan fingerprint density at radius 2 is 1.43 bits per heavy atom. The van der Waals surface area contributed by atoms with E-state index in [2.05, 4.69) is 36.4 Å². The lowest BCUT2D eigenvalue weighted by molar-refractivity contribution is -0.137. The van der Waals surface area contributed by atoms with Crippen LogP contribution in [0.1, 0.15) is 24.9 Å². The van der Waals surface area contributed by atoms with Crippen LogP contribution in [0.15, 0.2) is 103 Å². The van der Waals surface area contributed by atoms with Crippen molar-refractivity contribution in [1.82, 2.24) is 14.9 Å². The number of rotatable bonds is 10. The number of nitrogens with zero attached hydrogens (tertiary/aromatic N) is 2. The predicted octanol–water partition coefficient (Wildman–Crippen LogP) is 5.10. The third-order valence-corrected chi connectivity index (χ3v) is 6.19. The van der Waals surface area contributed by atoms with Gasteiger partial charge in [-0.3, -0.25) is 4.79 Å². The summed E-state index contributed by atoms with van der Waals surface area (Å²) in [4.78, 5) is 15.3. The van der Waals surface area contributed by atoms with Gasteiger partial charge in [0.15, 0.2) is 0 Å². The summed E-state index contributed by atoms with van der Waals surface area (Å²) in [6, 6.07) is 29.6. The number of nitrogens with one attached hydrogen (secondary N) is 1. The summed E-state index contributed by atoms with van der Waals surface area (Å²) in [5.74, 6) is -0.118. The zero-order valence-corrected chi connectivity index (χ0v) is 19.8. The molecule has 1 aromatic heterocycles. The SMILES string of the molecule is CCN(Cc1ccccc1)C(=O)C(CC(O)NO)n1ccc(-c2ccc(-c3ccccc3)cc2)c1. The van der Waals surface area contributed by atoms with E-state index in [1.165, 1.54) is 0 Å². The number of hydrogen-bond donors (Lipinski definition) is 3. The highest BCUT2D eigenvalue weighted by Crippen LogP contribution is 2.27. The van der Waals surface area contributed by atoms with E-state index in [0.29, 0.717) is 13.1 Å². The minimum absolute atomic E-state index is 0.0295. The lowest BCUT2D eigenvalue weighted by Crippen LogP contribution is -2.40. The van der Waals surface area contributed by atoms with E-state index in [1.807, 2.05) is 84.0 Å². The van der Waals surface area contributed by atoms with Gasteiger partial charge in [-0.2, -0.15) is 5.48 Å². The van der Waals surface area contributed by atoms with Crippen LogP contribution in [0.3, 0.4) is 0 Å². The predicted molar refractivity (Wildman–Crippen MR) is 137 cm³/mol. The van der Waals surface area contributed by atoms with Gasteiger partial charge in [0, 0.05) is 31.9 Å². The maximum atomic E-state index is 13.6. The molecular formula is C29H31N3O3. The molecule has 2 atom stereocenters. The zero-order valence-electron chi connectivity index (χ0n) is 19.8. The number of likely N-dealkylation sites (N-methyl/N-ethyl adjacent to an activating group) is 1. The van der Waals surface area contributed by atoms with Gasteiger partial charge in [0.2, 0.25) is 5.91 Å². The van der Waals surface area contributed by atoms with Gasteiger partial charge in [-0.05, 0) is 40.8 Å². The summed E-state index contributed by atoms with van der Waals surface area (Å²) >= 11 is 0. The quantitative estimate of drug-likeness (QED) is 0.223. The summed E-state index contributed by atoms with van der Waals surface area (Å²) in [5.41, 5.74) is 7.20. The molecule has 2 unspecified atom stereocenters. The Balaban J connectivity index is 1.57. The van der Waals surface area contributed by atoms with Gasteiger partial charge in [0.25, 0.3) is 0 Å². The molecule has 0 bridgehead atoms. The average molecular weight is 470 g/mol. The molecule has 0 saturated carbocycles. The molecule has 3 N–H and O–H groups in total. The van der Waals surface area contributed by atoms with Crippen molar-refractivity contribution in [1.29, 1.82) is 0 Å². The van der Waals surface area contributed by atoms with Crippen molar-refractivity contribution in [3.63, 3.8) is 0 Å². The molecule has 0 spiro atoms. The van der Waals surface area contributed by atoms with Crippen LogP contribution >= 0.6 is 0 Å². The van der Waals surface area contributed by atoms with Crippen molar-refractivity contribution in [2.75, 3.05) is 6.54 Å². The van der Waals surface area contributed by atoms with E-state index < -0.39 is 12.3 Å². The Morgan fingerprint density at radius 1 is 0.857 bits per heavy atom. The number of aliphatic hydroxyl groups is 1. The second kappa shape index (κ2) is 11.6. The van der Waals surface area contributed by atoms with Crippen molar-refractivity contribution in [2.45, 2.75) is 32.2 Å². The van der Waals surface area contributed by atoms with E-state index in [-0.39, 0.29) is 12.3 Å². The van der Waals surface area contributed by atoms with Gasteiger partial charge >= 0.3 is 0 Å². The van der Waals surface area contributed by atoms with Gasteiger partial charge < -0.3 is 19.8 Å². The van der Waals surface area contributed by atoms with Crippen molar-refractivity contribution >= 4 is 5.91 Å². The van der Waals surface area contributed by atoms with Crippen LogP contribution in [-0.4, -0.2) is 38.5 Å². The minimum Gasteiger partial charge on any atom is -0.376 e. The summed E-state index contributed by atoms with van der Waals surface area (Å²) in [5, 5.41) is 19.3. The molecule has 1 amide bonds. The van der Waals surface area contributed by atoms with Crippen LogP contribution in [0.2, 0.25) is 0 Å². The molecule has 6 heteroatoms. The third-order valence-electron chi connectivity index (χ3n) is 6.19. The summed E-state index contributed by atoms with van der Waals surface area (Å²) < 4.78 is 1.82. The highest BCUT2D eigenvalue weighted by Gasteiger charge is 2.27. The van der Waals surface area contributed by atoms with E-state index in [0.717, 1.165) is 27.8 Å². The number of hydrogen-bond acceptors (Lipinski definition) is 4. The fraction of sp³-hybridized carbons (Fsp3) is 0.207. The van der Waals surface area contributed by atoms with Gasteiger partial charge in [0.1, 0.15) is 12.3 Å². The van der Waals surface area contributed by atoms with Gasteiger partial charge in [-0.25, -0.2) is 0 Å². The average Bonchev–Trinajstić information content (AvgIpc) is 3.41. The summed E-state index contributed by atoms with van der Waals surface area (Å²) in [7, 11) is 0. The smallest absolute Gasteiger partial charge is 0.246 e. The first-order valence-corrected chi connectivity index (χ1v) is 11.8. The monoisotopic (exact) mass is 469 g/mol. The maximum Gasteiger partial charge on any atom is 0.246 e. The fourth-order valence-electron chi connectivity index (χ4n) is 4.24. The topological polar surface area (TPSA) is 77.7 Å². The number of carbonyl (C=O) groups is 1. The van der Waals surface area contributed by atoms with Gasteiger partial charge in [0.05, 0.1) is 0 Å². The lowest BCUT2D eigenvalue weighted by Gasteiger charge is -2.28. The normalized spacial score (nSPS) is 12.8. The Labute approximate surface area is 206 Å². The van der Waals surface area contributed by atoms with Crippen LogP contribution in [0.5, 0.6) is 0 Å².